The fraction of sp³-hybridized carbons (Fsp3) is 0.727. The first-order chi connectivity index (χ1) is 6.75. The summed E-state index contributed by atoms with van der Waals surface area (Å²) in [5.41, 5.74) is 6.92. The van der Waals surface area contributed by atoms with Gasteiger partial charge in [-0.15, -0.1) is 0 Å². The molecule has 2 rings (SSSR count). The number of aromatic nitrogens is 2. The van der Waals surface area contributed by atoms with Gasteiger partial charge in [-0.1, -0.05) is 12.8 Å². The van der Waals surface area contributed by atoms with Gasteiger partial charge in [0, 0.05) is 24.3 Å². The summed E-state index contributed by atoms with van der Waals surface area (Å²) in [4.78, 5) is 0. The smallest absolute Gasteiger partial charge is 0.0537 e. The standard InChI is InChI=1S/C11H19N3/c1-9(12)11-6-13-14(8-11)7-10-4-2-3-5-10/h6,8-10H,2-5,7,12H2,1H3. The Morgan fingerprint density at radius 1 is 1.57 bits per heavy atom. The highest BCUT2D eigenvalue weighted by Gasteiger charge is 2.15. The topological polar surface area (TPSA) is 43.8 Å². The van der Waals surface area contributed by atoms with Crippen LogP contribution in [0.4, 0.5) is 0 Å². The van der Waals surface area contributed by atoms with Gasteiger partial charge in [0.2, 0.25) is 0 Å². The zero-order chi connectivity index (χ0) is 9.97. The van der Waals surface area contributed by atoms with E-state index in [4.69, 9.17) is 5.73 Å². The van der Waals surface area contributed by atoms with Crippen LogP contribution in [0.15, 0.2) is 12.4 Å². The van der Waals surface area contributed by atoms with E-state index in [1.54, 1.807) is 0 Å². The van der Waals surface area contributed by atoms with E-state index in [0.717, 1.165) is 18.0 Å². The van der Waals surface area contributed by atoms with Crippen LogP contribution in [0.5, 0.6) is 0 Å². The van der Waals surface area contributed by atoms with Crippen LogP contribution in [-0.2, 0) is 6.54 Å². The van der Waals surface area contributed by atoms with Gasteiger partial charge in [0.15, 0.2) is 0 Å². The number of hydrogen-bond donors (Lipinski definition) is 1. The van der Waals surface area contributed by atoms with Crippen LogP contribution in [0.25, 0.3) is 0 Å². The minimum Gasteiger partial charge on any atom is -0.324 e. The van der Waals surface area contributed by atoms with Gasteiger partial charge in [0.05, 0.1) is 6.20 Å². The van der Waals surface area contributed by atoms with Gasteiger partial charge >= 0.3 is 0 Å². The minimum absolute atomic E-state index is 0.104. The fourth-order valence-electron chi connectivity index (χ4n) is 2.17. The SMILES string of the molecule is CC(N)c1cnn(CC2CCCC2)c1. The molecule has 0 aromatic carbocycles. The van der Waals surface area contributed by atoms with E-state index in [1.165, 1.54) is 25.7 Å². The predicted molar refractivity (Wildman–Crippen MR) is 56.8 cm³/mol. The third-order valence-corrected chi connectivity index (χ3v) is 3.10. The zero-order valence-electron chi connectivity index (χ0n) is 8.82. The highest BCUT2D eigenvalue weighted by atomic mass is 15.3. The Bertz CT molecular complexity index is 284. The number of hydrogen-bond acceptors (Lipinski definition) is 2. The summed E-state index contributed by atoms with van der Waals surface area (Å²) in [7, 11) is 0. The van der Waals surface area contributed by atoms with Gasteiger partial charge < -0.3 is 5.73 Å². The molecule has 78 valence electrons. The number of nitrogens with two attached hydrogens (primary N) is 1. The van der Waals surface area contributed by atoms with Crippen LogP contribution >= 0.6 is 0 Å². The van der Waals surface area contributed by atoms with Gasteiger partial charge in [-0.3, -0.25) is 4.68 Å². The van der Waals surface area contributed by atoms with E-state index in [1.807, 2.05) is 13.1 Å². The molecule has 14 heavy (non-hydrogen) atoms. The van der Waals surface area contributed by atoms with Crippen molar-refractivity contribution in [2.75, 3.05) is 0 Å². The van der Waals surface area contributed by atoms with Crippen molar-refractivity contribution in [3.05, 3.63) is 18.0 Å². The molecule has 0 saturated heterocycles. The van der Waals surface area contributed by atoms with Gasteiger partial charge in [0.1, 0.15) is 0 Å². The predicted octanol–water partition coefficient (Wildman–Crippen LogP) is 2.09. The van der Waals surface area contributed by atoms with Crippen LogP contribution in [0.2, 0.25) is 0 Å². The van der Waals surface area contributed by atoms with Crippen molar-refractivity contribution in [2.45, 2.75) is 45.2 Å². The lowest BCUT2D eigenvalue weighted by molar-refractivity contribution is 0.428. The molecule has 1 unspecified atom stereocenters. The molecule has 0 bridgehead atoms. The lowest BCUT2D eigenvalue weighted by atomic mass is 10.1. The van der Waals surface area contributed by atoms with Crippen LogP contribution < -0.4 is 5.73 Å². The summed E-state index contributed by atoms with van der Waals surface area (Å²) in [6.45, 7) is 3.07. The summed E-state index contributed by atoms with van der Waals surface area (Å²) < 4.78 is 2.05. The lowest BCUT2D eigenvalue weighted by Crippen LogP contribution is -2.08. The average molecular weight is 193 g/mol. The summed E-state index contributed by atoms with van der Waals surface area (Å²) >= 11 is 0. The second-order valence-corrected chi connectivity index (χ2v) is 4.43. The Balaban J connectivity index is 1.95. The average Bonchev–Trinajstić information content (AvgIpc) is 2.75. The summed E-state index contributed by atoms with van der Waals surface area (Å²) in [6, 6.07) is 0.104. The summed E-state index contributed by atoms with van der Waals surface area (Å²) in [5, 5.41) is 4.34. The maximum Gasteiger partial charge on any atom is 0.0537 e. The molecule has 0 spiro atoms. The van der Waals surface area contributed by atoms with Crippen molar-refractivity contribution in [3.8, 4) is 0 Å². The van der Waals surface area contributed by atoms with Crippen LogP contribution in [0, 0.1) is 5.92 Å². The molecule has 1 atom stereocenters. The van der Waals surface area contributed by atoms with E-state index in [0.29, 0.717) is 0 Å². The molecule has 2 N–H and O–H groups in total. The molecule has 1 aromatic heterocycles. The molecular formula is C11H19N3. The largest absolute Gasteiger partial charge is 0.324 e. The van der Waals surface area contributed by atoms with Crippen molar-refractivity contribution in [3.63, 3.8) is 0 Å². The summed E-state index contributed by atoms with van der Waals surface area (Å²) in [6.07, 6.45) is 9.50. The lowest BCUT2D eigenvalue weighted by Gasteiger charge is -2.08. The molecule has 1 aliphatic carbocycles. The Labute approximate surface area is 85.3 Å². The zero-order valence-corrected chi connectivity index (χ0v) is 8.82. The molecule has 1 heterocycles. The van der Waals surface area contributed by atoms with Gasteiger partial charge in [-0.05, 0) is 25.7 Å². The third kappa shape index (κ3) is 2.15. The van der Waals surface area contributed by atoms with Crippen molar-refractivity contribution in [1.29, 1.82) is 0 Å². The molecule has 1 fully saturated rings. The number of nitrogens with zero attached hydrogens (tertiary/aromatic N) is 2. The van der Waals surface area contributed by atoms with Crippen molar-refractivity contribution in [2.24, 2.45) is 11.7 Å². The molecule has 1 saturated carbocycles. The van der Waals surface area contributed by atoms with Gasteiger partial charge in [0.25, 0.3) is 0 Å². The molecule has 1 aromatic rings. The summed E-state index contributed by atoms with van der Waals surface area (Å²) in [5.74, 6) is 0.843. The van der Waals surface area contributed by atoms with E-state index in [-0.39, 0.29) is 6.04 Å². The van der Waals surface area contributed by atoms with Crippen molar-refractivity contribution < 1.29 is 0 Å². The minimum atomic E-state index is 0.104. The first-order valence-corrected chi connectivity index (χ1v) is 5.53. The second kappa shape index (κ2) is 4.13. The molecule has 3 heteroatoms. The fourth-order valence-corrected chi connectivity index (χ4v) is 2.17. The Kier molecular flexibility index (Phi) is 2.87. The monoisotopic (exact) mass is 193 g/mol. The van der Waals surface area contributed by atoms with E-state index in [2.05, 4.69) is 16.0 Å². The van der Waals surface area contributed by atoms with Gasteiger partial charge in [-0.2, -0.15) is 5.10 Å². The van der Waals surface area contributed by atoms with Crippen LogP contribution in [-0.4, -0.2) is 9.78 Å². The van der Waals surface area contributed by atoms with Crippen LogP contribution in [0.3, 0.4) is 0 Å². The Morgan fingerprint density at radius 3 is 2.86 bits per heavy atom. The van der Waals surface area contributed by atoms with E-state index >= 15 is 0 Å². The van der Waals surface area contributed by atoms with E-state index < -0.39 is 0 Å². The first-order valence-electron chi connectivity index (χ1n) is 5.53. The van der Waals surface area contributed by atoms with Crippen LogP contribution in [0.1, 0.15) is 44.2 Å². The van der Waals surface area contributed by atoms with E-state index in [9.17, 15) is 0 Å². The third-order valence-electron chi connectivity index (χ3n) is 3.10. The molecule has 0 amide bonds. The second-order valence-electron chi connectivity index (χ2n) is 4.43. The molecular weight excluding hydrogens is 174 g/mol. The highest BCUT2D eigenvalue weighted by molar-refractivity contribution is 5.08. The number of rotatable bonds is 3. The molecule has 0 radical (unpaired) electrons. The maximum absolute atomic E-state index is 5.78. The Hall–Kier alpha value is -0.830. The molecule has 1 aliphatic rings. The molecule has 3 nitrogen and oxygen atoms in total. The maximum atomic E-state index is 5.78. The molecule has 0 aliphatic heterocycles. The Morgan fingerprint density at radius 2 is 2.29 bits per heavy atom. The van der Waals surface area contributed by atoms with Crippen molar-refractivity contribution in [1.82, 2.24) is 9.78 Å². The first kappa shape index (κ1) is 9.71. The van der Waals surface area contributed by atoms with Crippen molar-refractivity contribution >= 4 is 0 Å². The quantitative estimate of drug-likeness (QED) is 0.798. The normalized spacial score (nSPS) is 20.1. The highest BCUT2D eigenvalue weighted by Crippen LogP contribution is 2.26. The van der Waals surface area contributed by atoms with Gasteiger partial charge in [-0.25, -0.2) is 0 Å².